The van der Waals surface area contributed by atoms with Gasteiger partial charge in [0.05, 0.1) is 0 Å². The Morgan fingerprint density at radius 1 is 0.319 bits per heavy atom. The number of para-hydroxylation sites is 1. The van der Waals surface area contributed by atoms with Crippen molar-refractivity contribution < 1.29 is 13.9 Å². The van der Waals surface area contributed by atoms with E-state index in [9.17, 15) is 0 Å². The SMILES string of the molecule is C1=CC2Oc3c(-c4ccc(-c5ccc(-c6nc(-c7ccccc7)nc(-c7ccc8oc9ccccc9c8c7)n6)cc5)cc4)ccc(-c4cc(-c5ccncc5)cc(-c5ccncc5)c4)c3OC2C=C1. The Bertz CT molecular complexity index is 3720. The molecule has 8 nitrogen and oxygen atoms in total. The van der Waals surface area contributed by atoms with Crippen LogP contribution in [0.15, 0.2) is 229 Å². The number of hydrogen-bond acceptors (Lipinski definition) is 8. The highest BCUT2D eigenvalue weighted by Crippen LogP contribution is 2.50. The third kappa shape index (κ3) is 7.50. The summed E-state index contributed by atoms with van der Waals surface area (Å²) in [4.78, 5) is 23.6. The lowest BCUT2D eigenvalue weighted by atomic mass is 9.91. The number of pyridine rings is 2. The molecular formula is C61H39N5O3. The molecule has 0 radical (unpaired) electrons. The maximum atomic E-state index is 6.91. The molecule has 2 unspecified atom stereocenters. The fraction of sp³-hybridized carbons (Fsp3) is 0.0328. The van der Waals surface area contributed by atoms with Crippen molar-refractivity contribution in [1.29, 1.82) is 0 Å². The average Bonchev–Trinajstić information content (AvgIpc) is 3.81. The lowest BCUT2D eigenvalue weighted by Crippen LogP contribution is -2.38. The van der Waals surface area contributed by atoms with E-state index in [4.69, 9.17) is 28.8 Å². The number of aromatic nitrogens is 5. The summed E-state index contributed by atoms with van der Waals surface area (Å²) in [6.45, 7) is 0. The zero-order valence-corrected chi connectivity index (χ0v) is 37.0. The summed E-state index contributed by atoms with van der Waals surface area (Å²) in [5.74, 6) is 3.23. The Hall–Kier alpha value is -9.27. The van der Waals surface area contributed by atoms with Gasteiger partial charge < -0.3 is 13.9 Å². The van der Waals surface area contributed by atoms with E-state index in [2.05, 4.69) is 113 Å². The first kappa shape index (κ1) is 40.0. The Labute approximate surface area is 397 Å². The van der Waals surface area contributed by atoms with Crippen LogP contribution in [0.1, 0.15) is 0 Å². The van der Waals surface area contributed by atoms with Gasteiger partial charge in [0.25, 0.3) is 0 Å². The molecule has 0 fully saturated rings. The van der Waals surface area contributed by atoms with E-state index < -0.39 is 0 Å². The number of rotatable bonds is 8. The van der Waals surface area contributed by atoms with Crippen LogP contribution in [-0.4, -0.2) is 37.1 Å². The first-order chi connectivity index (χ1) is 34.1. The molecule has 0 amide bonds. The molecule has 11 aromatic rings. The van der Waals surface area contributed by atoms with Gasteiger partial charge in [0.15, 0.2) is 41.2 Å². The van der Waals surface area contributed by atoms with Crippen LogP contribution in [0.4, 0.5) is 0 Å². The Kier molecular flexibility index (Phi) is 9.79. The minimum absolute atomic E-state index is 0.255. The van der Waals surface area contributed by atoms with E-state index in [0.717, 1.165) is 100 Å². The summed E-state index contributed by atoms with van der Waals surface area (Å²) in [6.07, 6.45) is 14.9. The molecule has 2 atom stereocenters. The number of furan rings is 1. The van der Waals surface area contributed by atoms with Gasteiger partial charge in [-0.1, -0.05) is 109 Å². The van der Waals surface area contributed by atoms with Gasteiger partial charge in [-0.2, -0.15) is 0 Å². The number of benzene rings is 7. The largest absolute Gasteiger partial charge is 0.478 e. The molecule has 5 heterocycles. The monoisotopic (exact) mass is 889 g/mol. The summed E-state index contributed by atoms with van der Waals surface area (Å²) in [5.41, 5.74) is 14.7. The van der Waals surface area contributed by atoms with Crippen LogP contribution in [0.2, 0.25) is 0 Å². The molecule has 1 aliphatic carbocycles. The molecule has 0 saturated carbocycles. The topological polar surface area (TPSA) is 96.1 Å². The number of ether oxygens (including phenoxy) is 2. The van der Waals surface area contributed by atoms with Crippen LogP contribution in [-0.2, 0) is 0 Å². The average molecular weight is 890 g/mol. The Morgan fingerprint density at radius 2 is 0.768 bits per heavy atom. The van der Waals surface area contributed by atoms with Gasteiger partial charge in [-0.15, -0.1) is 0 Å². The van der Waals surface area contributed by atoms with Gasteiger partial charge in [-0.25, -0.2) is 15.0 Å². The van der Waals surface area contributed by atoms with Crippen LogP contribution in [0.5, 0.6) is 11.5 Å². The minimum atomic E-state index is -0.258. The van der Waals surface area contributed by atoms with Gasteiger partial charge in [0.2, 0.25) is 0 Å². The number of hydrogen-bond donors (Lipinski definition) is 0. The first-order valence-corrected chi connectivity index (χ1v) is 22.9. The molecule has 326 valence electrons. The fourth-order valence-electron chi connectivity index (χ4n) is 9.38. The highest BCUT2D eigenvalue weighted by Gasteiger charge is 2.33. The van der Waals surface area contributed by atoms with Gasteiger partial charge >= 0.3 is 0 Å². The fourth-order valence-corrected chi connectivity index (χ4v) is 9.38. The summed E-state index contributed by atoms with van der Waals surface area (Å²) >= 11 is 0. The molecule has 0 bridgehead atoms. The van der Waals surface area contributed by atoms with Crippen molar-refractivity contribution in [1.82, 2.24) is 24.9 Å². The highest BCUT2D eigenvalue weighted by molar-refractivity contribution is 6.06. The lowest BCUT2D eigenvalue weighted by molar-refractivity contribution is 0.0769. The smallest absolute Gasteiger partial charge is 0.170 e. The van der Waals surface area contributed by atoms with Gasteiger partial charge in [-0.3, -0.25) is 9.97 Å². The Balaban J connectivity index is 0.844. The quantitative estimate of drug-likeness (QED) is 0.149. The number of fused-ring (bicyclic) bond motifs is 5. The Morgan fingerprint density at radius 3 is 1.38 bits per heavy atom. The molecule has 8 heteroatoms. The zero-order valence-electron chi connectivity index (χ0n) is 37.0. The number of nitrogens with zero attached hydrogens (tertiary/aromatic N) is 5. The van der Waals surface area contributed by atoms with E-state index in [1.54, 1.807) is 0 Å². The van der Waals surface area contributed by atoms with Crippen molar-refractivity contribution in [3.05, 3.63) is 225 Å². The van der Waals surface area contributed by atoms with Crippen molar-refractivity contribution in [2.45, 2.75) is 12.2 Å². The predicted molar refractivity (Wildman–Crippen MR) is 273 cm³/mol. The van der Waals surface area contributed by atoms with Gasteiger partial charge in [-0.05, 0) is 136 Å². The normalized spacial score (nSPS) is 14.8. The van der Waals surface area contributed by atoms with E-state index in [1.165, 1.54) is 0 Å². The van der Waals surface area contributed by atoms with E-state index in [-0.39, 0.29) is 12.2 Å². The molecule has 0 N–H and O–H groups in total. The molecule has 7 aromatic carbocycles. The second-order valence-corrected chi connectivity index (χ2v) is 17.2. The second-order valence-electron chi connectivity index (χ2n) is 17.2. The van der Waals surface area contributed by atoms with Crippen LogP contribution < -0.4 is 9.47 Å². The highest BCUT2D eigenvalue weighted by atomic mass is 16.6. The van der Waals surface area contributed by atoms with Crippen molar-refractivity contribution >= 4 is 21.9 Å². The summed E-state index contributed by atoms with van der Waals surface area (Å²) in [6, 6.07) is 60.3. The third-order valence-corrected chi connectivity index (χ3v) is 12.9. The molecule has 1 aliphatic heterocycles. The minimum Gasteiger partial charge on any atom is -0.478 e. The van der Waals surface area contributed by atoms with E-state index in [0.29, 0.717) is 23.2 Å². The van der Waals surface area contributed by atoms with Crippen LogP contribution in [0, 0.1) is 0 Å². The zero-order chi connectivity index (χ0) is 45.7. The molecule has 2 aliphatic rings. The summed E-state index contributed by atoms with van der Waals surface area (Å²) < 4.78 is 19.9. The molecule has 4 aromatic heterocycles. The lowest BCUT2D eigenvalue weighted by Gasteiger charge is -2.34. The van der Waals surface area contributed by atoms with Crippen molar-refractivity contribution in [3.8, 4) is 101 Å². The molecule has 69 heavy (non-hydrogen) atoms. The summed E-state index contributed by atoms with van der Waals surface area (Å²) in [5, 5.41) is 2.07. The van der Waals surface area contributed by atoms with Crippen molar-refractivity contribution in [2.24, 2.45) is 0 Å². The predicted octanol–water partition coefficient (Wildman–Crippen LogP) is 14.5. The van der Waals surface area contributed by atoms with Crippen molar-refractivity contribution in [2.75, 3.05) is 0 Å². The van der Waals surface area contributed by atoms with Crippen molar-refractivity contribution in [3.63, 3.8) is 0 Å². The maximum absolute atomic E-state index is 6.91. The van der Waals surface area contributed by atoms with E-state index in [1.807, 2.05) is 122 Å². The van der Waals surface area contributed by atoms with Gasteiger partial charge in [0.1, 0.15) is 11.2 Å². The van der Waals surface area contributed by atoms with Crippen LogP contribution in [0.25, 0.3) is 112 Å². The third-order valence-electron chi connectivity index (χ3n) is 12.9. The van der Waals surface area contributed by atoms with Gasteiger partial charge in [0, 0.05) is 63.4 Å². The standard InChI is InChI=1S/C61H39N5O3/c1-2-8-43(9-3-1)59-64-60(66-61(65-59)45-22-25-54-52(37-45)51-10-4-5-11-53(51)67-54)44-20-16-39(17-21-44)38-14-18-42(19-15-38)49-23-24-50(58-57(49)68-55-12-6-7-13-56(55)69-58)48-35-46(40-26-30-62-31-27-40)34-47(36-48)41-28-32-63-33-29-41/h1-37,55-56H. The van der Waals surface area contributed by atoms with Crippen LogP contribution >= 0.6 is 0 Å². The molecule has 0 spiro atoms. The van der Waals surface area contributed by atoms with E-state index >= 15 is 0 Å². The number of allylic oxidation sites excluding steroid dienone is 2. The maximum Gasteiger partial charge on any atom is 0.170 e. The molecular weight excluding hydrogens is 851 g/mol. The second kappa shape index (κ2) is 16.9. The summed E-state index contributed by atoms with van der Waals surface area (Å²) in [7, 11) is 0. The molecule has 13 rings (SSSR count). The van der Waals surface area contributed by atoms with Crippen LogP contribution in [0.3, 0.4) is 0 Å². The first-order valence-electron chi connectivity index (χ1n) is 22.9. The molecule has 0 saturated heterocycles.